The van der Waals surface area contributed by atoms with Crippen LogP contribution in [0.5, 0.6) is 0 Å². The molecule has 0 spiro atoms. The van der Waals surface area contributed by atoms with E-state index in [1.165, 1.54) is 0 Å². The first kappa shape index (κ1) is 16.9. The fourth-order valence-electron chi connectivity index (χ4n) is 2.14. The maximum atomic E-state index is 12.0. The topological polar surface area (TPSA) is 55.1 Å². The van der Waals surface area contributed by atoms with Crippen LogP contribution in [0.1, 0.15) is 35.5 Å². The summed E-state index contributed by atoms with van der Waals surface area (Å²) in [4.78, 5) is 12.0. The highest BCUT2D eigenvalue weighted by molar-refractivity contribution is 7.99. The number of nitrogens with one attached hydrogen (secondary N) is 1. The SMILES string of the molecule is Cc1noc(C)c1CSCC(=O)NC(C)c1ccccc1Cl. The van der Waals surface area contributed by atoms with E-state index in [0.29, 0.717) is 10.8 Å². The highest BCUT2D eigenvalue weighted by Crippen LogP contribution is 2.23. The van der Waals surface area contributed by atoms with Crippen molar-refractivity contribution < 1.29 is 9.32 Å². The van der Waals surface area contributed by atoms with Crippen molar-refractivity contribution in [2.24, 2.45) is 0 Å². The largest absolute Gasteiger partial charge is 0.361 e. The van der Waals surface area contributed by atoms with E-state index in [-0.39, 0.29) is 11.9 Å². The van der Waals surface area contributed by atoms with Crippen molar-refractivity contribution in [1.29, 1.82) is 0 Å². The number of thioether (sulfide) groups is 1. The van der Waals surface area contributed by atoms with Gasteiger partial charge in [0.15, 0.2) is 0 Å². The van der Waals surface area contributed by atoms with E-state index in [4.69, 9.17) is 16.1 Å². The Kier molecular flexibility index (Phi) is 5.91. The Hall–Kier alpha value is -1.46. The minimum Gasteiger partial charge on any atom is -0.361 e. The monoisotopic (exact) mass is 338 g/mol. The predicted molar refractivity (Wildman–Crippen MR) is 90.1 cm³/mol. The molecule has 0 aliphatic rings. The fourth-order valence-corrected chi connectivity index (χ4v) is 3.43. The molecule has 0 saturated carbocycles. The van der Waals surface area contributed by atoms with Gasteiger partial charge in [0.05, 0.1) is 17.5 Å². The molecule has 1 amide bonds. The van der Waals surface area contributed by atoms with Crippen molar-refractivity contribution in [1.82, 2.24) is 10.5 Å². The molecule has 0 aliphatic heterocycles. The van der Waals surface area contributed by atoms with Crippen LogP contribution in [0.4, 0.5) is 0 Å². The van der Waals surface area contributed by atoms with Crippen LogP contribution in [0.3, 0.4) is 0 Å². The summed E-state index contributed by atoms with van der Waals surface area (Å²) in [5.74, 6) is 1.91. The Morgan fingerprint density at radius 3 is 2.77 bits per heavy atom. The lowest BCUT2D eigenvalue weighted by Gasteiger charge is -2.15. The van der Waals surface area contributed by atoms with Crippen molar-refractivity contribution in [3.63, 3.8) is 0 Å². The van der Waals surface area contributed by atoms with Crippen molar-refractivity contribution >= 4 is 29.3 Å². The third kappa shape index (κ3) is 4.27. The number of carbonyl (C=O) groups is 1. The Labute approximate surface area is 139 Å². The lowest BCUT2D eigenvalue weighted by atomic mass is 10.1. The van der Waals surface area contributed by atoms with Crippen LogP contribution in [0, 0.1) is 13.8 Å². The predicted octanol–water partition coefficient (Wildman–Crippen LogP) is 4.06. The van der Waals surface area contributed by atoms with E-state index in [2.05, 4.69) is 10.5 Å². The number of carbonyl (C=O) groups excluding carboxylic acids is 1. The second-order valence-corrected chi connectivity index (χ2v) is 6.50. The number of rotatable bonds is 6. The molecule has 2 aromatic rings. The number of aromatic nitrogens is 1. The minimum absolute atomic E-state index is 0.0100. The maximum absolute atomic E-state index is 12.0. The van der Waals surface area contributed by atoms with Crippen LogP contribution >= 0.6 is 23.4 Å². The van der Waals surface area contributed by atoms with Crippen LogP contribution in [-0.2, 0) is 10.5 Å². The average Bonchev–Trinajstić information content (AvgIpc) is 2.79. The number of benzene rings is 1. The second kappa shape index (κ2) is 7.70. The van der Waals surface area contributed by atoms with Crippen molar-refractivity contribution in [3.05, 3.63) is 51.9 Å². The Balaban J connectivity index is 1.82. The molecule has 0 fully saturated rings. The number of amides is 1. The van der Waals surface area contributed by atoms with Gasteiger partial charge in [-0.2, -0.15) is 0 Å². The summed E-state index contributed by atoms with van der Waals surface area (Å²) in [5.41, 5.74) is 2.88. The summed E-state index contributed by atoms with van der Waals surface area (Å²) in [6, 6.07) is 7.42. The standard InChI is InChI=1S/C16H19ClN2O2S/c1-10(13-6-4-5-7-15(13)17)18-16(20)9-22-8-14-11(2)19-21-12(14)3/h4-7,10H,8-9H2,1-3H3,(H,18,20). The Morgan fingerprint density at radius 2 is 2.14 bits per heavy atom. The van der Waals surface area contributed by atoms with E-state index < -0.39 is 0 Å². The molecule has 6 heteroatoms. The first-order valence-electron chi connectivity index (χ1n) is 7.02. The van der Waals surface area contributed by atoms with Crippen LogP contribution in [-0.4, -0.2) is 16.8 Å². The molecule has 1 atom stereocenters. The molecule has 1 N–H and O–H groups in total. The second-order valence-electron chi connectivity index (χ2n) is 5.11. The molecule has 1 unspecified atom stereocenters. The fraction of sp³-hybridized carbons (Fsp3) is 0.375. The lowest BCUT2D eigenvalue weighted by Crippen LogP contribution is -2.28. The van der Waals surface area contributed by atoms with Gasteiger partial charge in [0.25, 0.3) is 0 Å². The van der Waals surface area contributed by atoms with E-state index in [9.17, 15) is 4.79 Å². The van der Waals surface area contributed by atoms with Gasteiger partial charge in [0, 0.05) is 16.3 Å². The molecule has 0 saturated heterocycles. The zero-order valence-corrected chi connectivity index (χ0v) is 14.4. The summed E-state index contributed by atoms with van der Waals surface area (Å²) in [7, 11) is 0. The molecule has 2 rings (SSSR count). The molecule has 0 aliphatic carbocycles. The molecule has 1 aromatic carbocycles. The number of hydrogen-bond donors (Lipinski definition) is 1. The van der Waals surface area contributed by atoms with Gasteiger partial charge in [-0.15, -0.1) is 11.8 Å². The van der Waals surface area contributed by atoms with Crippen molar-refractivity contribution in [2.45, 2.75) is 32.6 Å². The third-order valence-electron chi connectivity index (χ3n) is 3.41. The number of aryl methyl sites for hydroxylation is 2. The summed E-state index contributed by atoms with van der Waals surface area (Å²) in [6.45, 7) is 5.72. The summed E-state index contributed by atoms with van der Waals surface area (Å²) < 4.78 is 5.11. The van der Waals surface area contributed by atoms with Gasteiger partial charge >= 0.3 is 0 Å². The smallest absolute Gasteiger partial charge is 0.230 e. The molecular weight excluding hydrogens is 320 g/mol. The summed E-state index contributed by atoms with van der Waals surface area (Å²) in [5, 5.41) is 7.54. The first-order valence-corrected chi connectivity index (χ1v) is 8.55. The zero-order chi connectivity index (χ0) is 16.1. The summed E-state index contributed by atoms with van der Waals surface area (Å²) >= 11 is 7.68. The zero-order valence-electron chi connectivity index (χ0n) is 12.9. The van der Waals surface area contributed by atoms with Gasteiger partial charge < -0.3 is 9.84 Å². The molecule has 0 radical (unpaired) electrons. The molecule has 1 heterocycles. The first-order chi connectivity index (χ1) is 10.5. The number of nitrogens with zero attached hydrogens (tertiary/aromatic N) is 1. The Bertz CT molecular complexity index is 638. The third-order valence-corrected chi connectivity index (χ3v) is 4.71. The molecule has 0 bridgehead atoms. The van der Waals surface area contributed by atoms with Gasteiger partial charge in [0.1, 0.15) is 5.76 Å². The van der Waals surface area contributed by atoms with E-state index >= 15 is 0 Å². The molecule has 22 heavy (non-hydrogen) atoms. The minimum atomic E-state index is -0.110. The lowest BCUT2D eigenvalue weighted by molar-refractivity contribution is -0.119. The highest BCUT2D eigenvalue weighted by Gasteiger charge is 2.13. The summed E-state index contributed by atoms with van der Waals surface area (Å²) in [6.07, 6.45) is 0. The van der Waals surface area contributed by atoms with Gasteiger partial charge in [-0.25, -0.2) is 0 Å². The molecular formula is C16H19ClN2O2S. The van der Waals surface area contributed by atoms with Gasteiger partial charge in [0.2, 0.25) is 5.91 Å². The van der Waals surface area contributed by atoms with Crippen LogP contribution in [0.25, 0.3) is 0 Å². The van der Waals surface area contributed by atoms with Crippen LogP contribution in [0.15, 0.2) is 28.8 Å². The average molecular weight is 339 g/mol. The van der Waals surface area contributed by atoms with Gasteiger partial charge in [-0.05, 0) is 32.4 Å². The number of halogens is 1. The molecule has 1 aromatic heterocycles. The van der Waals surface area contributed by atoms with Crippen LogP contribution < -0.4 is 5.32 Å². The van der Waals surface area contributed by atoms with Gasteiger partial charge in [-0.3, -0.25) is 4.79 Å². The Morgan fingerprint density at radius 1 is 1.41 bits per heavy atom. The van der Waals surface area contributed by atoms with Crippen molar-refractivity contribution in [3.8, 4) is 0 Å². The normalized spacial score (nSPS) is 12.2. The highest BCUT2D eigenvalue weighted by atomic mass is 35.5. The maximum Gasteiger partial charge on any atom is 0.230 e. The molecule has 4 nitrogen and oxygen atoms in total. The van der Waals surface area contributed by atoms with E-state index in [1.807, 2.05) is 45.0 Å². The van der Waals surface area contributed by atoms with Crippen molar-refractivity contribution in [2.75, 3.05) is 5.75 Å². The molecule has 118 valence electrons. The quantitative estimate of drug-likeness (QED) is 0.863. The number of hydrogen-bond acceptors (Lipinski definition) is 4. The van der Waals surface area contributed by atoms with Gasteiger partial charge in [-0.1, -0.05) is 35.0 Å². The van der Waals surface area contributed by atoms with E-state index in [1.54, 1.807) is 11.8 Å². The van der Waals surface area contributed by atoms with E-state index in [0.717, 1.165) is 28.3 Å². The van der Waals surface area contributed by atoms with Crippen LogP contribution in [0.2, 0.25) is 5.02 Å².